The number of nitrogens with one attached hydrogen (secondary N) is 1. The Bertz CT molecular complexity index is 299. The maximum atomic E-state index is 10.2. The standard InChI is InChI=1S/C9H11NO3/c1-13-9-4-7(5-11)2-3-8(9)10-6-12/h2-4,6,11H,5H2,1H3,(H,10,12). The molecule has 2 N–H and O–H groups in total. The van der Waals surface area contributed by atoms with E-state index < -0.39 is 0 Å². The molecule has 0 aliphatic heterocycles. The molecule has 0 aliphatic carbocycles. The molecule has 0 bridgehead atoms. The number of aliphatic hydroxyl groups excluding tert-OH is 1. The van der Waals surface area contributed by atoms with Gasteiger partial charge in [0.25, 0.3) is 0 Å². The lowest BCUT2D eigenvalue weighted by Gasteiger charge is -2.07. The lowest BCUT2D eigenvalue weighted by atomic mass is 10.2. The number of anilines is 1. The largest absolute Gasteiger partial charge is 0.495 e. The first-order chi connectivity index (χ1) is 6.31. The summed E-state index contributed by atoms with van der Waals surface area (Å²) in [7, 11) is 1.51. The third-order valence-corrected chi connectivity index (χ3v) is 1.66. The number of hydrogen-bond acceptors (Lipinski definition) is 3. The van der Waals surface area contributed by atoms with Crippen LogP contribution in [0.1, 0.15) is 5.56 Å². The minimum atomic E-state index is -0.0439. The smallest absolute Gasteiger partial charge is 0.211 e. The molecule has 0 fully saturated rings. The van der Waals surface area contributed by atoms with Crippen LogP contribution in [-0.2, 0) is 11.4 Å². The Hall–Kier alpha value is -1.55. The van der Waals surface area contributed by atoms with Gasteiger partial charge in [0.2, 0.25) is 6.41 Å². The van der Waals surface area contributed by atoms with Crippen molar-refractivity contribution in [2.45, 2.75) is 6.61 Å². The first-order valence-corrected chi connectivity index (χ1v) is 3.79. The zero-order valence-electron chi connectivity index (χ0n) is 7.28. The van der Waals surface area contributed by atoms with Crippen LogP contribution in [0.2, 0.25) is 0 Å². The number of methoxy groups -OCH3 is 1. The normalized spacial score (nSPS) is 9.38. The zero-order valence-corrected chi connectivity index (χ0v) is 7.28. The van der Waals surface area contributed by atoms with E-state index in [1.165, 1.54) is 7.11 Å². The van der Waals surface area contributed by atoms with Crippen LogP contribution in [-0.4, -0.2) is 18.6 Å². The van der Waals surface area contributed by atoms with Gasteiger partial charge in [0.15, 0.2) is 0 Å². The minimum Gasteiger partial charge on any atom is -0.495 e. The van der Waals surface area contributed by atoms with Crippen molar-refractivity contribution in [1.82, 2.24) is 0 Å². The summed E-state index contributed by atoms with van der Waals surface area (Å²) < 4.78 is 5.01. The van der Waals surface area contributed by atoms with Gasteiger partial charge in [-0.3, -0.25) is 4.79 Å². The van der Waals surface area contributed by atoms with Gasteiger partial charge in [0, 0.05) is 0 Å². The highest BCUT2D eigenvalue weighted by Crippen LogP contribution is 2.24. The summed E-state index contributed by atoms with van der Waals surface area (Å²) in [6.45, 7) is -0.0439. The van der Waals surface area contributed by atoms with Crippen LogP contribution in [0.25, 0.3) is 0 Å². The minimum absolute atomic E-state index is 0.0439. The molecule has 13 heavy (non-hydrogen) atoms. The maximum absolute atomic E-state index is 10.2. The van der Waals surface area contributed by atoms with E-state index >= 15 is 0 Å². The maximum Gasteiger partial charge on any atom is 0.211 e. The summed E-state index contributed by atoms with van der Waals surface area (Å²) in [6, 6.07) is 5.07. The summed E-state index contributed by atoms with van der Waals surface area (Å²) in [5, 5.41) is 11.3. The van der Waals surface area contributed by atoms with Crippen LogP contribution in [0.5, 0.6) is 5.75 Å². The van der Waals surface area contributed by atoms with Crippen molar-refractivity contribution in [3.63, 3.8) is 0 Å². The van der Waals surface area contributed by atoms with Crippen molar-refractivity contribution in [3.05, 3.63) is 23.8 Å². The fourth-order valence-electron chi connectivity index (χ4n) is 1.02. The second-order valence-electron chi connectivity index (χ2n) is 2.45. The Morgan fingerprint density at radius 2 is 2.38 bits per heavy atom. The third kappa shape index (κ3) is 2.19. The Kier molecular flexibility index (Phi) is 3.28. The number of amides is 1. The predicted octanol–water partition coefficient (Wildman–Crippen LogP) is 0.756. The molecule has 1 rings (SSSR count). The molecule has 0 saturated carbocycles. The second-order valence-corrected chi connectivity index (χ2v) is 2.45. The molecule has 0 aliphatic rings. The first-order valence-electron chi connectivity index (χ1n) is 3.79. The Labute approximate surface area is 76.1 Å². The van der Waals surface area contributed by atoms with Gasteiger partial charge in [0.05, 0.1) is 19.4 Å². The average Bonchev–Trinajstić information content (AvgIpc) is 2.19. The molecule has 0 saturated heterocycles. The van der Waals surface area contributed by atoms with Gasteiger partial charge >= 0.3 is 0 Å². The number of carbonyl (C=O) groups is 1. The van der Waals surface area contributed by atoms with Crippen LogP contribution in [0.3, 0.4) is 0 Å². The van der Waals surface area contributed by atoms with Crippen molar-refractivity contribution in [2.75, 3.05) is 12.4 Å². The molecule has 1 aromatic carbocycles. The Balaban J connectivity index is 3.00. The lowest BCUT2D eigenvalue weighted by Crippen LogP contribution is -1.98. The highest BCUT2D eigenvalue weighted by molar-refractivity contribution is 5.75. The molecule has 0 aromatic heterocycles. The van der Waals surface area contributed by atoms with E-state index in [2.05, 4.69) is 5.32 Å². The van der Waals surface area contributed by atoms with Crippen molar-refractivity contribution in [2.24, 2.45) is 0 Å². The van der Waals surface area contributed by atoms with E-state index in [0.29, 0.717) is 17.8 Å². The van der Waals surface area contributed by atoms with Crippen molar-refractivity contribution < 1.29 is 14.6 Å². The van der Waals surface area contributed by atoms with Gasteiger partial charge < -0.3 is 15.2 Å². The van der Waals surface area contributed by atoms with Crippen LogP contribution < -0.4 is 10.1 Å². The van der Waals surface area contributed by atoms with Gasteiger partial charge in [-0.1, -0.05) is 6.07 Å². The van der Waals surface area contributed by atoms with Crippen molar-refractivity contribution >= 4 is 12.1 Å². The quantitative estimate of drug-likeness (QED) is 0.674. The highest BCUT2D eigenvalue weighted by Gasteiger charge is 2.02. The third-order valence-electron chi connectivity index (χ3n) is 1.66. The van der Waals surface area contributed by atoms with Gasteiger partial charge in [-0.2, -0.15) is 0 Å². The van der Waals surface area contributed by atoms with Crippen LogP contribution in [0.15, 0.2) is 18.2 Å². The summed E-state index contributed by atoms with van der Waals surface area (Å²) >= 11 is 0. The fourth-order valence-corrected chi connectivity index (χ4v) is 1.02. The monoisotopic (exact) mass is 181 g/mol. The van der Waals surface area contributed by atoms with Crippen LogP contribution in [0.4, 0.5) is 5.69 Å². The van der Waals surface area contributed by atoms with E-state index in [-0.39, 0.29) is 6.61 Å². The van der Waals surface area contributed by atoms with Gasteiger partial charge in [-0.25, -0.2) is 0 Å². The van der Waals surface area contributed by atoms with Crippen LogP contribution >= 0.6 is 0 Å². The predicted molar refractivity (Wildman–Crippen MR) is 48.6 cm³/mol. The molecule has 0 heterocycles. The molecular weight excluding hydrogens is 170 g/mol. The molecule has 0 radical (unpaired) electrons. The molecule has 1 aromatic rings. The first kappa shape index (κ1) is 9.54. The van der Waals surface area contributed by atoms with Gasteiger partial charge in [-0.15, -0.1) is 0 Å². The van der Waals surface area contributed by atoms with Crippen molar-refractivity contribution in [3.8, 4) is 5.75 Å². The van der Waals surface area contributed by atoms with Crippen LogP contribution in [0, 0.1) is 0 Å². The number of rotatable bonds is 4. The number of benzene rings is 1. The van der Waals surface area contributed by atoms with E-state index in [0.717, 1.165) is 5.56 Å². The summed E-state index contributed by atoms with van der Waals surface area (Å²) in [4.78, 5) is 10.2. The van der Waals surface area contributed by atoms with E-state index in [1.54, 1.807) is 18.2 Å². The van der Waals surface area contributed by atoms with Gasteiger partial charge in [0.1, 0.15) is 5.75 Å². The molecule has 0 unspecified atom stereocenters. The van der Waals surface area contributed by atoms with E-state index in [9.17, 15) is 4.79 Å². The highest BCUT2D eigenvalue weighted by atomic mass is 16.5. The SMILES string of the molecule is COc1cc(CO)ccc1NC=O. The molecule has 0 atom stereocenters. The number of aliphatic hydroxyl groups is 1. The Morgan fingerprint density at radius 1 is 1.62 bits per heavy atom. The number of carbonyl (C=O) groups excluding carboxylic acids is 1. The Morgan fingerprint density at radius 3 is 2.92 bits per heavy atom. The van der Waals surface area contributed by atoms with E-state index in [1.807, 2.05) is 0 Å². The molecule has 70 valence electrons. The molecule has 1 amide bonds. The van der Waals surface area contributed by atoms with Crippen molar-refractivity contribution in [1.29, 1.82) is 0 Å². The molecule has 0 spiro atoms. The number of ether oxygens (including phenoxy) is 1. The second kappa shape index (κ2) is 4.47. The average molecular weight is 181 g/mol. The molecule has 4 nitrogen and oxygen atoms in total. The van der Waals surface area contributed by atoms with Gasteiger partial charge in [-0.05, 0) is 17.7 Å². The topological polar surface area (TPSA) is 58.6 Å². The summed E-state index contributed by atoms with van der Waals surface area (Å²) in [5.74, 6) is 0.540. The number of hydrogen-bond donors (Lipinski definition) is 2. The lowest BCUT2D eigenvalue weighted by molar-refractivity contribution is -0.105. The molecular formula is C9H11NO3. The van der Waals surface area contributed by atoms with E-state index in [4.69, 9.17) is 9.84 Å². The fraction of sp³-hybridized carbons (Fsp3) is 0.222. The molecule has 4 heteroatoms. The zero-order chi connectivity index (χ0) is 9.68. The summed E-state index contributed by atoms with van der Waals surface area (Å²) in [5.41, 5.74) is 1.34. The summed E-state index contributed by atoms with van der Waals surface area (Å²) in [6.07, 6.45) is 0.580.